The lowest BCUT2D eigenvalue weighted by molar-refractivity contribution is 0.102. The second-order valence-electron chi connectivity index (χ2n) is 3.76. The second kappa shape index (κ2) is 5.27. The molecule has 1 amide bonds. The van der Waals surface area contributed by atoms with E-state index in [9.17, 15) is 9.18 Å². The Morgan fingerprint density at radius 1 is 1.22 bits per heavy atom. The molecule has 0 bridgehead atoms. The molecule has 92 valence electrons. The van der Waals surface area contributed by atoms with E-state index >= 15 is 0 Å². The van der Waals surface area contributed by atoms with E-state index in [0.717, 1.165) is 5.56 Å². The van der Waals surface area contributed by atoms with Crippen LogP contribution in [0, 0.1) is 12.7 Å². The molecule has 5 heteroatoms. The zero-order chi connectivity index (χ0) is 13.1. The zero-order valence-electron chi connectivity index (χ0n) is 9.58. The second-order valence-corrected chi connectivity index (χ2v) is 4.57. The number of nitrogens with one attached hydrogen (secondary N) is 1. The van der Waals surface area contributed by atoms with Crippen molar-refractivity contribution in [1.29, 1.82) is 0 Å². The molecule has 2 rings (SSSR count). The smallest absolute Gasteiger partial charge is 0.274 e. The first-order valence-corrected chi connectivity index (χ1v) is 6.05. The van der Waals surface area contributed by atoms with Crippen molar-refractivity contribution in [1.82, 2.24) is 4.98 Å². The summed E-state index contributed by atoms with van der Waals surface area (Å²) in [6, 6.07) is 9.15. The van der Waals surface area contributed by atoms with E-state index in [1.165, 1.54) is 24.3 Å². The van der Waals surface area contributed by atoms with Crippen LogP contribution in [0.15, 0.2) is 41.0 Å². The molecule has 1 aromatic heterocycles. The van der Waals surface area contributed by atoms with Gasteiger partial charge in [0.1, 0.15) is 16.1 Å². The van der Waals surface area contributed by atoms with Crippen molar-refractivity contribution in [3.63, 3.8) is 0 Å². The van der Waals surface area contributed by atoms with Gasteiger partial charge in [-0.25, -0.2) is 9.37 Å². The molecule has 1 aromatic carbocycles. The number of hydrogen-bond acceptors (Lipinski definition) is 2. The van der Waals surface area contributed by atoms with Gasteiger partial charge in [0.2, 0.25) is 0 Å². The normalized spacial score (nSPS) is 10.2. The van der Waals surface area contributed by atoms with Crippen molar-refractivity contribution in [2.24, 2.45) is 0 Å². The van der Waals surface area contributed by atoms with Crippen LogP contribution in [-0.4, -0.2) is 10.9 Å². The number of pyridine rings is 1. The summed E-state index contributed by atoms with van der Waals surface area (Å²) in [7, 11) is 0. The van der Waals surface area contributed by atoms with Crippen LogP contribution < -0.4 is 5.32 Å². The molecular formula is C13H10BrFN2O. The Morgan fingerprint density at radius 2 is 1.89 bits per heavy atom. The maximum atomic E-state index is 12.7. The van der Waals surface area contributed by atoms with E-state index in [1.807, 2.05) is 0 Å². The minimum atomic E-state index is -0.343. The molecule has 0 radical (unpaired) electrons. The summed E-state index contributed by atoms with van der Waals surface area (Å²) in [5, 5.41) is 2.66. The molecule has 1 N–H and O–H groups in total. The largest absolute Gasteiger partial charge is 0.321 e. The SMILES string of the molecule is Cc1ccc(Br)nc1C(=O)Nc1ccc(F)cc1. The maximum Gasteiger partial charge on any atom is 0.274 e. The summed E-state index contributed by atoms with van der Waals surface area (Å²) in [5.41, 5.74) is 1.65. The van der Waals surface area contributed by atoms with Crippen LogP contribution in [-0.2, 0) is 0 Å². The molecule has 3 nitrogen and oxygen atoms in total. The average Bonchev–Trinajstić information content (AvgIpc) is 2.35. The average molecular weight is 309 g/mol. The van der Waals surface area contributed by atoms with Gasteiger partial charge in [0.25, 0.3) is 5.91 Å². The van der Waals surface area contributed by atoms with Gasteiger partial charge >= 0.3 is 0 Å². The van der Waals surface area contributed by atoms with Crippen LogP contribution in [0.3, 0.4) is 0 Å². The van der Waals surface area contributed by atoms with Gasteiger partial charge in [-0.2, -0.15) is 0 Å². The molecule has 0 atom stereocenters. The molecule has 0 fully saturated rings. The van der Waals surface area contributed by atoms with Crippen LogP contribution in [0.4, 0.5) is 10.1 Å². The molecule has 0 saturated heterocycles. The Hall–Kier alpha value is -1.75. The van der Waals surface area contributed by atoms with Gasteiger partial charge in [-0.1, -0.05) is 6.07 Å². The number of nitrogens with zero attached hydrogens (tertiary/aromatic N) is 1. The van der Waals surface area contributed by atoms with Crippen LogP contribution in [0.5, 0.6) is 0 Å². The molecule has 0 aliphatic carbocycles. The van der Waals surface area contributed by atoms with Gasteiger partial charge in [-0.3, -0.25) is 4.79 Å². The third-order valence-electron chi connectivity index (χ3n) is 2.38. The molecule has 0 unspecified atom stereocenters. The highest BCUT2D eigenvalue weighted by Gasteiger charge is 2.11. The van der Waals surface area contributed by atoms with Crippen molar-refractivity contribution >= 4 is 27.5 Å². The van der Waals surface area contributed by atoms with Gasteiger partial charge in [0.05, 0.1) is 0 Å². The summed E-state index contributed by atoms with van der Waals surface area (Å²) in [5.74, 6) is -0.662. The van der Waals surface area contributed by atoms with E-state index in [0.29, 0.717) is 16.0 Å². The van der Waals surface area contributed by atoms with Crippen LogP contribution >= 0.6 is 15.9 Å². The third kappa shape index (κ3) is 2.92. The number of aryl methyl sites for hydroxylation is 1. The summed E-state index contributed by atoms with van der Waals surface area (Å²) >= 11 is 3.22. The quantitative estimate of drug-likeness (QED) is 0.862. The highest BCUT2D eigenvalue weighted by atomic mass is 79.9. The fraction of sp³-hybridized carbons (Fsp3) is 0.0769. The lowest BCUT2D eigenvalue weighted by atomic mass is 10.2. The Bertz CT molecular complexity index is 584. The number of halogens is 2. The molecule has 0 spiro atoms. The Balaban J connectivity index is 2.21. The van der Waals surface area contributed by atoms with Crippen molar-refractivity contribution in [2.45, 2.75) is 6.92 Å². The van der Waals surface area contributed by atoms with E-state index in [4.69, 9.17) is 0 Å². The zero-order valence-corrected chi connectivity index (χ0v) is 11.2. The number of carbonyl (C=O) groups is 1. The highest BCUT2D eigenvalue weighted by molar-refractivity contribution is 9.10. The summed E-state index contributed by atoms with van der Waals surface area (Å²) in [6.45, 7) is 1.80. The van der Waals surface area contributed by atoms with E-state index in [-0.39, 0.29) is 11.7 Å². The number of amides is 1. The first-order valence-electron chi connectivity index (χ1n) is 5.26. The first kappa shape index (κ1) is 12.7. The van der Waals surface area contributed by atoms with Crippen molar-refractivity contribution < 1.29 is 9.18 Å². The molecular weight excluding hydrogens is 299 g/mol. The Morgan fingerprint density at radius 3 is 2.56 bits per heavy atom. The lowest BCUT2D eigenvalue weighted by Gasteiger charge is -2.07. The number of hydrogen-bond donors (Lipinski definition) is 1. The summed E-state index contributed by atoms with van der Waals surface area (Å²) in [6.07, 6.45) is 0. The van der Waals surface area contributed by atoms with E-state index in [2.05, 4.69) is 26.2 Å². The predicted molar refractivity (Wildman–Crippen MR) is 71.0 cm³/mol. The Labute approximate surface area is 112 Å². The van der Waals surface area contributed by atoms with Crippen LogP contribution in [0.2, 0.25) is 0 Å². The topological polar surface area (TPSA) is 42.0 Å². The molecule has 2 aromatic rings. The standard InChI is InChI=1S/C13H10BrFN2O/c1-8-2-7-11(14)17-12(8)13(18)16-10-5-3-9(15)4-6-10/h2-7H,1H3,(H,16,18). The van der Waals surface area contributed by atoms with Gasteiger partial charge in [-0.15, -0.1) is 0 Å². The van der Waals surface area contributed by atoms with Crippen molar-refractivity contribution in [3.05, 3.63) is 58.1 Å². The number of carbonyl (C=O) groups excluding carboxylic acids is 1. The molecule has 1 heterocycles. The first-order chi connectivity index (χ1) is 8.56. The van der Waals surface area contributed by atoms with Crippen LogP contribution in [0.25, 0.3) is 0 Å². The van der Waals surface area contributed by atoms with Crippen LogP contribution in [0.1, 0.15) is 16.1 Å². The van der Waals surface area contributed by atoms with Gasteiger partial charge in [-0.05, 0) is 58.7 Å². The summed E-state index contributed by atoms with van der Waals surface area (Å²) < 4.78 is 13.3. The van der Waals surface area contributed by atoms with E-state index < -0.39 is 0 Å². The minimum absolute atomic E-state index is 0.319. The maximum absolute atomic E-state index is 12.7. The molecule has 0 aliphatic heterocycles. The number of benzene rings is 1. The molecule has 18 heavy (non-hydrogen) atoms. The highest BCUT2D eigenvalue weighted by Crippen LogP contribution is 2.14. The summed E-state index contributed by atoms with van der Waals surface area (Å²) in [4.78, 5) is 16.1. The molecule has 0 aliphatic rings. The fourth-order valence-electron chi connectivity index (χ4n) is 1.46. The molecule has 0 saturated carbocycles. The Kier molecular flexibility index (Phi) is 3.72. The van der Waals surface area contributed by atoms with Crippen molar-refractivity contribution in [2.75, 3.05) is 5.32 Å². The van der Waals surface area contributed by atoms with Gasteiger partial charge < -0.3 is 5.32 Å². The lowest BCUT2D eigenvalue weighted by Crippen LogP contribution is -2.15. The van der Waals surface area contributed by atoms with E-state index in [1.54, 1.807) is 19.1 Å². The predicted octanol–water partition coefficient (Wildman–Crippen LogP) is 3.54. The minimum Gasteiger partial charge on any atom is -0.321 e. The number of rotatable bonds is 2. The van der Waals surface area contributed by atoms with Gasteiger partial charge in [0.15, 0.2) is 0 Å². The van der Waals surface area contributed by atoms with Crippen molar-refractivity contribution in [3.8, 4) is 0 Å². The van der Waals surface area contributed by atoms with Gasteiger partial charge in [0, 0.05) is 5.69 Å². The number of aromatic nitrogens is 1. The fourth-order valence-corrected chi connectivity index (χ4v) is 1.77. The monoisotopic (exact) mass is 308 g/mol. The third-order valence-corrected chi connectivity index (χ3v) is 2.82. The number of anilines is 1.